The molecule has 2 nitrogen and oxygen atoms in total. The second kappa shape index (κ2) is 6.27. The second-order valence-electron chi connectivity index (χ2n) is 4.33. The number of hydrogen-bond acceptors (Lipinski definition) is 2. The molecule has 2 N–H and O–H groups in total. The van der Waals surface area contributed by atoms with Gasteiger partial charge in [-0.15, -0.1) is 0 Å². The summed E-state index contributed by atoms with van der Waals surface area (Å²) in [6.07, 6.45) is -4.40. The largest absolute Gasteiger partial charge is 0.506 e. The number of halogens is 5. The molecule has 2 rings (SSSR count). The van der Waals surface area contributed by atoms with E-state index in [1.807, 2.05) is 0 Å². The molecule has 0 saturated carbocycles. The van der Waals surface area contributed by atoms with Crippen LogP contribution in [0.4, 0.5) is 18.9 Å². The van der Waals surface area contributed by atoms with Crippen molar-refractivity contribution in [2.75, 3.05) is 5.32 Å². The number of anilines is 1. The van der Waals surface area contributed by atoms with E-state index >= 15 is 0 Å². The molecule has 0 aliphatic rings. The van der Waals surface area contributed by atoms with Crippen molar-refractivity contribution in [3.05, 3.63) is 56.5 Å². The predicted octanol–water partition coefficient (Wildman–Crippen LogP) is 5.55. The van der Waals surface area contributed by atoms with Gasteiger partial charge in [-0.1, -0.05) is 28.1 Å². The minimum atomic E-state index is -4.40. The average molecular weight is 425 g/mol. The molecule has 0 aliphatic heterocycles. The van der Waals surface area contributed by atoms with E-state index in [2.05, 4.69) is 37.2 Å². The number of phenolic OH excluding ortho intramolecular Hbond substituents is 1. The van der Waals surface area contributed by atoms with Gasteiger partial charge in [-0.2, -0.15) is 13.2 Å². The van der Waals surface area contributed by atoms with Crippen molar-refractivity contribution in [2.24, 2.45) is 0 Å². The molecule has 0 spiro atoms. The number of hydrogen-bond donors (Lipinski definition) is 2. The van der Waals surface area contributed by atoms with Gasteiger partial charge in [0.25, 0.3) is 0 Å². The summed E-state index contributed by atoms with van der Waals surface area (Å²) in [4.78, 5) is 0. The molecule has 2 aromatic carbocycles. The second-order valence-corrected chi connectivity index (χ2v) is 6.10. The van der Waals surface area contributed by atoms with E-state index < -0.39 is 11.7 Å². The van der Waals surface area contributed by atoms with Crippen LogP contribution in [0.25, 0.3) is 0 Å². The zero-order chi connectivity index (χ0) is 15.6. The SMILES string of the molecule is Oc1c(Br)cccc1CNc1cc(Br)cc(C(F)(F)F)c1. The van der Waals surface area contributed by atoms with E-state index in [1.165, 1.54) is 0 Å². The maximum absolute atomic E-state index is 12.7. The van der Waals surface area contributed by atoms with Crippen LogP contribution in [-0.2, 0) is 12.7 Å². The summed E-state index contributed by atoms with van der Waals surface area (Å²) in [5, 5.41) is 12.7. The summed E-state index contributed by atoms with van der Waals surface area (Å²) in [5.41, 5.74) is 0.159. The van der Waals surface area contributed by atoms with Crippen molar-refractivity contribution < 1.29 is 18.3 Å². The van der Waals surface area contributed by atoms with Crippen molar-refractivity contribution in [2.45, 2.75) is 12.7 Å². The highest BCUT2D eigenvalue weighted by atomic mass is 79.9. The first-order valence-corrected chi connectivity index (χ1v) is 7.44. The Morgan fingerprint density at radius 3 is 2.48 bits per heavy atom. The van der Waals surface area contributed by atoms with Gasteiger partial charge in [0.05, 0.1) is 10.0 Å². The maximum atomic E-state index is 12.7. The van der Waals surface area contributed by atoms with Crippen LogP contribution in [0.3, 0.4) is 0 Å². The number of aromatic hydroxyl groups is 1. The summed E-state index contributed by atoms with van der Waals surface area (Å²) >= 11 is 6.25. The quantitative estimate of drug-likeness (QED) is 0.677. The molecule has 0 heterocycles. The Hall–Kier alpha value is -1.21. The Kier molecular flexibility index (Phi) is 4.83. The van der Waals surface area contributed by atoms with Crippen LogP contribution in [0.1, 0.15) is 11.1 Å². The Morgan fingerprint density at radius 1 is 1.10 bits per heavy atom. The minimum Gasteiger partial charge on any atom is -0.506 e. The predicted molar refractivity (Wildman–Crippen MR) is 82.3 cm³/mol. The highest BCUT2D eigenvalue weighted by Crippen LogP contribution is 2.34. The molecule has 21 heavy (non-hydrogen) atoms. The topological polar surface area (TPSA) is 32.3 Å². The Morgan fingerprint density at radius 2 is 1.81 bits per heavy atom. The first kappa shape index (κ1) is 16.2. The summed E-state index contributed by atoms with van der Waals surface area (Å²) in [6, 6.07) is 8.70. The smallest absolute Gasteiger partial charge is 0.416 e. The fraction of sp³-hybridized carbons (Fsp3) is 0.143. The third-order valence-corrected chi connectivity index (χ3v) is 3.88. The zero-order valence-electron chi connectivity index (χ0n) is 10.5. The van der Waals surface area contributed by atoms with Gasteiger partial charge in [0.2, 0.25) is 0 Å². The minimum absolute atomic E-state index is 0.0658. The molecular weight excluding hydrogens is 415 g/mol. The number of rotatable bonds is 3. The van der Waals surface area contributed by atoms with Crippen molar-refractivity contribution >= 4 is 37.5 Å². The normalized spacial score (nSPS) is 11.5. The van der Waals surface area contributed by atoms with Crippen molar-refractivity contribution in [1.29, 1.82) is 0 Å². The Labute approximate surface area is 136 Å². The van der Waals surface area contributed by atoms with Gasteiger partial charge in [-0.05, 0) is 40.2 Å². The lowest BCUT2D eigenvalue weighted by Crippen LogP contribution is -2.07. The number of benzene rings is 2. The highest BCUT2D eigenvalue weighted by Gasteiger charge is 2.31. The van der Waals surface area contributed by atoms with Gasteiger partial charge in [0.1, 0.15) is 5.75 Å². The van der Waals surface area contributed by atoms with Crippen LogP contribution in [0.15, 0.2) is 45.3 Å². The van der Waals surface area contributed by atoms with Gasteiger partial charge in [-0.3, -0.25) is 0 Å². The molecule has 7 heteroatoms. The molecule has 0 aliphatic carbocycles. The number of phenols is 1. The van der Waals surface area contributed by atoms with Crippen molar-refractivity contribution in [1.82, 2.24) is 0 Å². The number of para-hydroxylation sites is 1. The fourth-order valence-electron chi connectivity index (χ4n) is 1.76. The molecule has 0 atom stereocenters. The third-order valence-electron chi connectivity index (χ3n) is 2.78. The molecule has 0 fully saturated rings. The standard InChI is InChI=1S/C14H10Br2F3NO/c15-10-4-9(14(17,18)19)5-11(6-10)20-7-8-2-1-3-12(16)13(8)21/h1-6,20-21H,7H2. The molecule has 0 aromatic heterocycles. The molecule has 2 aromatic rings. The molecule has 0 bridgehead atoms. The summed E-state index contributed by atoms with van der Waals surface area (Å²) in [5.74, 6) is 0.0658. The van der Waals surface area contributed by atoms with E-state index in [0.717, 1.165) is 12.1 Å². The third kappa shape index (κ3) is 4.14. The lowest BCUT2D eigenvalue weighted by molar-refractivity contribution is -0.137. The average Bonchev–Trinajstić information content (AvgIpc) is 2.39. The highest BCUT2D eigenvalue weighted by molar-refractivity contribution is 9.10. The molecule has 0 unspecified atom stereocenters. The van der Waals surface area contributed by atoms with E-state index in [-0.39, 0.29) is 12.3 Å². The lowest BCUT2D eigenvalue weighted by atomic mass is 10.1. The van der Waals surface area contributed by atoms with Crippen LogP contribution in [0, 0.1) is 0 Å². The molecular formula is C14H10Br2F3NO. The van der Waals surface area contributed by atoms with Crippen LogP contribution in [0.2, 0.25) is 0 Å². The van der Waals surface area contributed by atoms with Gasteiger partial charge in [0.15, 0.2) is 0 Å². The van der Waals surface area contributed by atoms with Crippen LogP contribution >= 0.6 is 31.9 Å². The summed E-state index contributed by atoms with van der Waals surface area (Å²) < 4.78 is 39.1. The molecule has 0 radical (unpaired) electrons. The Balaban J connectivity index is 2.21. The van der Waals surface area contributed by atoms with Crippen LogP contribution in [0.5, 0.6) is 5.75 Å². The van der Waals surface area contributed by atoms with Gasteiger partial charge < -0.3 is 10.4 Å². The molecule has 112 valence electrons. The molecule has 0 amide bonds. The summed E-state index contributed by atoms with van der Waals surface area (Å²) in [7, 11) is 0. The van der Waals surface area contributed by atoms with Crippen LogP contribution < -0.4 is 5.32 Å². The van der Waals surface area contributed by atoms with E-state index in [1.54, 1.807) is 24.3 Å². The number of nitrogens with one attached hydrogen (secondary N) is 1. The van der Waals surface area contributed by atoms with E-state index in [0.29, 0.717) is 20.2 Å². The van der Waals surface area contributed by atoms with E-state index in [4.69, 9.17) is 0 Å². The van der Waals surface area contributed by atoms with Crippen molar-refractivity contribution in [3.63, 3.8) is 0 Å². The first-order chi connectivity index (χ1) is 9.77. The van der Waals surface area contributed by atoms with Gasteiger partial charge in [-0.25, -0.2) is 0 Å². The molecule has 0 saturated heterocycles. The maximum Gasteiger partial charge on any atom is 0.416 e. The van der Waals surface area contributed by atoms with Gasteiger partial charge in [0, 0.05) is 22.3 Å². The zero-order valence-corrected chi connectivity index (χ0v) is 13.7. The summed E-state index contributed by atoms with van der Waals surface area (Å²) in [6.45, 7) is 0.207. The van der Waals surface area contributed by atoms with Gasteiger partial charge >= 0.3 is 6.18 Å². The van der Waals surface area contributed by atoms with E-state index in [9.17, 15) is 18.3 Å². The Bertz CT molecular complexity index is 659. The van der Waals surface area contributed by atoms with Crippen LogP contribution in [-0.4, -0.2) is 5.11 Å². The van der Waals surface area contributed by atoms with Crippen molar-refractivity contribution in [3.8, 4) is 5.75 Å². The number of alkyl halides is 3. The monoisotopic (exact) mass is 423 g/mol. The fourth-order valence-corrected chi connectivity index (χ4v) is 2.66. The lowest BCUT2D eigenvalue weighted by Gasteiger charge is -2.13. The first-order valence-electron chi connectivity index (χ1n) is 5.85.